The number of carbonyl (C=O) groups is 2. The summed E-state index contributed by atoms with van der Waals surface area (Å²) < 4.78 is 27.6. The average molecular weight is 385 g/mol. The van der Waals surface area contributed by atoms with Crippen LogP contribution in [-0.2, 0) is 19.6 Å². The number of carbonyl (C=O) groups excluding carboxylic acids is 2. The number of primary sulfonamides is 1. The molecular weight excluding hydrogens is 370 g/mol. The number of benzene rings is 2. The van der Waals surface area contributed by atoms with Gasteiger partial charge in [0.1, 0.15) is 24.0 Å². The van der Waals surface area contributed by atoms with Crippen molar-refractivity contribution >= 4 is 34.0 Å². The van der Waals surface area contributed by atoms with Gasteiger partial charge in [-0.3, -0.25) is 9.59 Å². The molecule has 2 aromatic rings. The number of sulfonamides is 1. The first-order valence-corrected chi connectivity index (χ1v) is 9.10. The summed E-state index contributed by atoms with van der Waals surface area (Å²) in [7, 11) is -3.83. The minimum atomic E-state index is -3.83. The lowest BCUT2D eigenvalue weighted by Gasteiger charge is -2.06. The number of aldehydes is 1. The van der Waals surface area contributed by atoms with Crippen LogP contribution in [0.25, 0.3) is 6.08 Å². The van der Waals surface area contributed by atoms with E-state index in [1.54, 1.807) is 24.3 Å². The zero-order valence-electron chi connectivity index (χ0n) is 14.0. The minimum absolute atomic E-state index is 0.0642. The third-order valence-electron chi connectivity index (χ3n) is 3.31. The van der Waals surface area contributed by atoms with Crippen LogP contribution >= 0.6 is 0 Å². The molecular formula is C18H15N3O5S. The van der Waals surface area contributed by atoms with E-state index in [9.17, 15) is 23.3 Å². The largest absolute Gasteiger partial charge is 0.486 e. The van der Waals surface area contributed by atoms with Gasteiger partial charge >= 0.3 is 0 Å². The van der Waals surface area contributed by atoms with E-state index in [0.29, 0.717) is 23.3 Å². The van der Waals surface area contributed by atoms with Crippen molar-refractivity contribution in [2.75, 3.05) is 11.9 Å². The Morgan fingerprint density at radius 2 is 1.78 bits per heavy atom. The molecule has 0 saturated carbocycles. The Hall–Kier alpha value is -3.48. The number of amides is 1. The molecule has 0 aliphatic rings. The fraction of sp³-hybridized carbons (Fsp3) is 0.0556. The summed E-state index contributed by atoms with van der Waals surface area (Å²) in [5, 5.41) is 16.7. The van der Waals surface area contributed by atoms with Crippen molar-refractivity contribution in [2.45, 2.75) is 4.90 Å². The number of ether oxygens (including phenoxy) is 1. The molecule has 0 atom stereocenters. The first kappa shape index (κ1) is 19.8. The van der Waals surface area contributed by atoms with Gasteiger partial charge in [-0.25, -0.2) is 13.6 Å². The molecule has 27 heavy (non-hydrogen) atoms. The number of anilines is 1. The van der Waals surface area contributed by atoms with E-state index in [1.807, 2.05) is 6.07 Å². The van der Waals surface area contributed by atoms with Gasteiger partial charge < -0.3 is 10.1 Å². The summed E-state index contributed by atoms with van der Waals surface area (Å²) in [6, 6.07) is 13.5. The highest BCUT2D eigenvalue weighted by atomic mass is 32.2. The standard InChI is InChI=1S/C18H15N3O5S/c19-12-14(11-13-1-5-16(6-2-13)26-10-9-22)18(23)21-15-3-7-17(8-4-15)27(20,24)25/h1-9,11H,10H2,(H,21,23)(H2,20,24,25)/b14-11+. The van der Waals surface area contributed by atoms with Crippen LogP contribution in [0, 0.1) is 11.3 Å². The first-order chi connectivity index (χ1) is 12.8. The van der Waals surface area contributed by atoms with Gasteiger partial charge in [0.15, 0.2) is 6.29 Å². The van der Waals surface area contributed by atoms with Crippen LogP contribution in [0.2, 0.25) is 0 Å². The van der Waals surface area contributed by atoms with Crippen LogP contribution in [0.15, 0.2) is 59.0 Å². The quantitative estimate of drug-likeness (QED) is 0.420. The summed E-state index contributed by atoms with van der Waals surface area (Å²) >= 11 is 0. The Morgan fingerprint density at radius 1 is 1.15 bits per heavy atom. The van der Waals surface area contributed by atoms with Gasteiger partial charge in [0.2, 0.25) is 10.0 Å². The lowest BCUT2D eigenvalue weighted by Crippen LogP contribution is -2.14. The Kier molecular flexibility index (Phi) is 6.43. The Balaban J connectivity index is 2.12. The van der Waals surface area contributed by atoms with E-state index in [-0.39, 0.29) is 17.1 Å². The number of hydrogen-bond acceptors (Lipinski definition) is 6. The molecule has 0 saturated heterocycles. The molecule has 0 aromatic heterocycles. The lowest BCUT2D eigenvalue weighted by molar-refractivity contribution is -0.112. The minimum Gasteiger partial charge on any atom is -0.486 e. The number of rotatable bonds is 7. The smallest absolute Gasteiger partial charge is 0.266 e. The van der Waals surface area contributed by atoms with Crippen LogP contribution in [0.1, 0.15) is 5.56 Å². The summed E-state index contributed by atoms with van der Waals surface area (Å²) in [6.07, 6.45) is 2.01. The molecule has 2 rings (SSSR count). The van der Waals surface area contributed by atoms with Crippen LogP contribution < -0.4 is 15.2 Å². The maximum absolute atomic E-state index is 12.2. The molecule has 0 unspecified atom stereocenters. The van der Waals surface area contributed by atoms with Crippen LogP contribution in [0.5, 0.6) is 5.75 Å². The normalized spacial score (nSPS) is 11.3. The van der Waals surface area contributed by atoms with Crippen molar-refractivity contribution < 1.29 is 22.7 Å². The Labute approximate surface area is 155 Å². The van der Waals surface area contributed by atoms with Crippen LogP contribution in [0.3, 0.4) is 0 Å². The highest BCUT2D eigenvalue weighted by molar-refractivity contribution is 7.89. The molecule has 9 heteroatoms. The zero-order chi connectivity index (χ0) is 19.9. The molecule has 8 nitrogen and oxygen atoms in total. The van der Waals surface area contributed by atoms with Gasteiger partial charge in [0.05, 0.1) is 4.90 Å². The van der Waals surface area contributed by atoms with Crippen molar-refractivity contribution in [3.63, 3.8) is 0 Å². The Bertz CT molecular complexity index is 1000. The second-order valence-corrected chi connectivity index (χ2v) is 6.80. The SMILES string of the molecule is N#C/C(=C\c1ccc(OCC=O)cc1)C(=O)Nc1ccc(S(N)(=O)=O)cc1. The van der Waals surface area contributed by atoms with Gasteiger partial charge in [-0.05, 0) is 48.0 Å². The summed E-state index contributed by atoms with van der Waals surface area (Å²) in [6.45, 7) is -0.0642. The summed E-state index contributed by atoms with van der Waals surface area (Å²) in [4.78, 5) is 22.4. The maximum Gasteiger partial charge on any atom is 0.266 e. The molecule has 2 aromatic carbocycles. The number of hydrogen-bond donors (Lipinski definition) is 2. The highest BCUT2D eigenvalue weighted by Crippen LogP contribution is 2.16. The molecule has 0 spiro atoms. The molecule has 0 radical (unpaired) electrons. The van der Waals surface area contributed by atoms with Gasteiger partial charge in [-0.2, -0.15) is 5.26 Å². The van der Waals surface area contributed by atoms with Crippen LogP contribution in [0.4, 0.5) is 5.69 Å². The van der Waals surface area contributed by atoms with Gasteiger partial charge in [0.25, 0.3) is 5.91 Å². The predicted octanol–water partition coefficient (Wildman–Crippen LogP) is 1.46. The zero-order valence-corrected chi connectivity index (χ0v) is 14.8. The summed E-state index contributed by atoms with van der Waals surface area (Å²) in [5.74, 6) is -0.167. The maximum atomic E-state index is 12.2. The first-order valence-electron chi connectivity index (χ1n) is 7.56. The van der Waals surface area contributed by atoms with Crippen LogP contribution in [-0.4, -0.2) is 27.2 Å². The van der Waals surface area contributed by atoms with E-state index < -0.39 is 15.9 Å². The lowest BCUT2D eigenvalue weighted by atomic mass is 10.1. The molecule has 0 aliphatic carbocycles. The molecule has 0 aliphatic heterocycles. The molecule has 0 bridgehead atoms. The second-order valence-electron chi connectivity index (χ2n) is 5.24. The van der Waals surface area contributed by atoms with Crippen molar-refractivity contribution in [3.8, 4) is 11.8 Å². The Morgan fingerprint density at radius 3 is 2.30 bits per heavy atom. The molecule has 0 fully saturated rings. The molecule has 3 N–H and O–H groups in total. The van der Waals surface area contributed by atoms with E-state index in [0.717, 1.165) is 0 Å². The average Bonchev–Trinajstić information content (AvgIpc) is 2.65. The van der Waals surface area contributed by atoms with Crippen molar-refractivity contribution in [1.82, 2.24) is 0 Å². The molecule has 138 valence electrons. The van der Waals surface area contributed by atoms with Gasteiger partial charge in [-0.1, -0.05) is 12.1 Å². The van der Waals surface area contributed by atoms with E-state index in [4.69, 9.17) is 9.88 Å². The fourth-order valence-corrected chi connectivity index (χ4v) is 2.55. The highest BCUT2D eigenvalue weighted by Gasteiger charge is 2.11. The topological polar surface area (TPSA) is 139 Å². The van der Waals surface area contributed by atoms with Crippen molar-refractivity contribution in [3.05, 3.63) is 59.7 Å². The number of nitrogens with one attached hydrogen (secondary N) is 1. The van der Waals surface area contributed by atoms with Crippen molar-refractivity contribution in [2.24, 2.45) is 5.14 Å². The third-order valence-corrected chi connectivity index (χ3v) is 4.24. The number of nitrogens with two attached hydrogens (primary N) is 1. The van der Waals surface area contributed by atoms with Gasteiger partial charge in [0, 0.05) is 5.69 Å². The third kappa shape index (κ3) is 5.78. The van der Waals surface area contributed by atoms with E-state index in [2.05, 4.69) is 5.32 Å². The summed E-state index contributed by atoms with van der Waals surface area (Å²) in [5.41, 5.74) is 0.753. The fourth-order valence-electron chi connectivity index (χ4n) is 2.03. The second kappa shape index (κ2) is 8.75. The predicted molar refractivity (Wildman–Crippen MR) is 98.0 cm³/mol. The molecule has 0 heterocycles. The van der Waals surface area contributed by atoms with E-state index in [1.165, 1.54) is 30.3 Å². The number of nitrogens with zero attached hydrogens (tertiary/aromatic N) is 1. The van der Waals surface area contributed by atoms with E-state index >= 15 is 0 Å². The number of nitriles is 1. The van der Waals surface area contributed by atoms with Gasteiger partial charge in [-0.15, -0.1) is 0 Å². The monoisotopic (exact) mass is 385 g/mol. The molecule has 1 amide bonds. The van der Waals surface area contributed by atoms with Crippen molar-refractivity contribution in [1.29, 1.82) is 5.26 Å².